The second-order valence-electron chi connectivity index (χ2n) is 5.59. The maximum Gasteiger partial charge on any atom is 0.226 e. The largest absolute Gasteiger partial charge is 0.353 e. The summed E-state index contributed by atoms with van der Waals surface area (Å²) in [6, 6.07) is 10.5. The number of hydrogen-bond acceptors (Lipinski definition) is 3. The van der Waals surface area contributed by atoms with E-state index in [2.05, 4.69) is 10.3 Å². The monoisotopic (exact) mass is 300 g/mol. The molecule has 0 saturated heterocycles. The molecule has 3 nitrogen and oxygen atoms in total. The number of nitrogens with one attached hydrogen (secondary N) is 1. The van der Waals surface area contributed by atoms with Gasteiger partial charge in [-0.2, -0.15) is 0 Å². The van der Waals surface area contributed by atoms with E-state index in [0.717, 1.165) is 29.1 Å². The summed E-state index contributed by atoms with van der Waals surface area (Å²) < 4.78 is 0. The Kier molecular flexibility index (Phi) is 4.65. The van der Waals surface area contributed by atoms with Gasteiger partial charge in [-0.3, -0.25) is 4.79 Å². The number of aromatic nitrogens is 1. The molecule has 1 N–H and O–H groups in total. The normalized spacial score (nSPS) is 15.8. The van der Waals surface area contributed by atoms with Gasteiger partial charge in [0.1, 0.15) is 5.01 Å². The van der Waals surface area contributed by atoms with E-state index >= 15 is 0 Å². The maximum absolute atomic E-state index is 12.1. The lowest BCUT2D eigenvalue weighted by atomic mass is 9.95. The van der Waals surface area contributed by atoms with Gasteiger partial charge in [-0.25, -0.2) is 4.98 Å². The highest BCUT2D eigenvalue weighted by Gasteiger charge is 2.16. The average molecular weight is 300 g/mol. The van der Waals surface area contributed by atoms with Crippen molar-refractivity contribution >= 4 is 17.2 Å². The van der Waals surface area contributed by atoms with Gasteiger partial charge in [-0.1, -0.05) is 49.6 Å². The number of benzene rings is 1. The smallest absolute Gasteiger partial charge is 0.226 e. The Morgan fingerprint density at radius 2 is 1.95 bits per heavy atom. The molecule has 1 saturated carbocycles. The summed E-state index contributed by atoms with van der Waals surface area (Å²) in [4.78, 5) is 16.7. The molecule has 1 amide bonds. The standard InChI is InChI=1S/C17H20N2OS/c20-16(18-14-9-5-2-6-10-14)11-15-12-21-17(19-15)13-7-3-1-4-8-13/h1,3-4,7-8,12,14H,2,5-6,9-11H2,(H,18,20). The third kappa shape index (κ3) is 3.91. The first-order valence-corrected chi connectivity index (χ1v) is 8.48. The van der Waals surface area contributed by atoms with Crippen LogP contribution in [0.2, 0.25) is 0 Å². The molecule has 1 aliphatic carbocycles. The number of carbonyl (C=O) groups excluding carboxylic acids is 1. The third-order valence-electron chi connectivity index (χ3n) is 3.88. The average Bonchev–Trinajstić information content (AvgIpc) is 2.97. The van der Waals surface area contributed by atoms with Gasteiger partial charge in [0.2, 0.25) is 5.91 Å². The molecule has 3 rings (SSSR count). The molecule has 1 fully saturated rings. The predicted octanol–water partition coefficient (Wildman–Crippen LogP) is 3.80. The molecule has 1 aromatic carbocycles. The van der Waals surface area contributed by atoms with Crippen molar-refractivity contribution in [3.8, 4) is 10.6 Å². The molecule has 0 atom stereocenters. The van der Waals surface area contributed by atoms with Gasteiger partial charge in [0, 0.05) is 17.0 Å². The SMILES string of the molecule is O=C(Cc1csc(-c2ccccc2)n1)NC1CCCCC1. The molecule has 4 heteroatoms. The first-order valence-electron chi connectivity index (χ1n) is 7.60. The topological polar surface area (TPSA) is 42.0 Å². The molecule has 0 aliphatic heterocycles. The second-order valence-corrected chi connectivity index (χ2v) is 6.45. The summed E-state index contributed by atoms with van der Waals surface area (Å²) in [6.07, 6.45) is 6.41. The lowest BCUT2D eigenvalue weighted by Crippen LogP contribution is -2.37. The molecule has 0 unspecified atom stereocenters. The highest BCUT2D eigenvalue weighted by Crippen LogP contribution is 2.23. The van der Waals surface area contributed by atoms with Gasteiger partial charge in [0.25, 0.3) is 0 Å². The predicted molar refractivity (Wildman–Crippen MR) is 86.3 cm³/mol. The third-order valence-corrected chi connectivity index (χ3v) is 4.82. The molecule has 21 heavy (non-hydrogen) atoms. The van der Waals surface area contributed by atoms with Crippen LogP contribution in [0, 0.1) is 0 Å². The second kappa shape index (κ2) is 6.85. The van der Waals surface area contributed by atoms with Crippen molar-refractivity contribution < 1.29 is 4.79 Å². The fourth-order valence-electron chi connectivity index (χ4n) is 2.79. The van der Waals surface area contributed by atoms with Gasteiger partial charge in [0.05, 0.1) is 12.1 Å². The van der Waals surface area contributed by atoms with E-state index in [4.69, 9.17) is 0 Å². The Balaban J connectivity index is 1.58. The molecule has 110 valence electrons. The molecule has 0 spiro atoms. The molecular weight excluding hydrogens is 280 g/mol. The summed E-state index contributed by atoms with van der Waals surface area (Å²) in [5.41, 5.74) is 1.98. The number of amides is 1. The van der Waals surface area contributed by atoms with Gasteiger partial charge in [-0.05, 0) is 12.8 Å². The minimum absolute atomic E-state index is 0.104. The van der Waals surface area contributed by atoms with Crippen molar-refractivity contribution in [2.24, 2.45) is 0 Å². The lowest BCUT2D eigenvalue weighted by molar-refractivity contribution is -0.121. The van der Waals surface area contributed by atoms with Crippen LogP contribution in [0.15, 0.2) is 35.7 Å². The van der Waals surface area contributed by atoms with Gasteiger partial charge < -0.3 is 5.32 Å². The van der Waals surface area contributed by atoms with Crippen LogP contribution in [-0.2, 0) is 11.2 Å². The van der Waals surface area contributed by atoms with Crippen molar-refractivity contribution in [2.75, 3.05) is 0 Å². The van der Waals surface area contributed by atoms with Crippen LogP contribution in [0.3, 0.4) is 0 Å². The van der Waals surface area contributed by atoms with Gasteiger partial charge >= 0.3 is 0 Å². The minimum Gasteiger partial charge on any atom is -0.353 e. The zero-order chi connectivity index (χ0) is 14.5. The molecule has 1 heterocycles. The number of hydrogen-bond donors (Lipinski definition) is 1. The number of thiazole rings is 1. The van der Waals surface area contributed by atoms with Crippen LogP contribution >= 0.6 is 11.3 Å². The van der Waals surface area contributed by atoms with Crippen LogP contribution in [0.1, 0.15) is 37.8 Å². The summed E-state index contributed by atoms with van der Waals surface area (Å²) in [5, 5.41) is 6.11. The Labute approximate surface area is 129 Å². The van der Waals surface area contributed by atoms with E-state index in [1.165, 1.54) is 19.3 Å². The fourth-order valence-corrected chi connectivity index (χ4v) is 3.62. The number of carbonyl (C=O) groups is 1. The Bertz CT molecular complexity index is 588. The molecular formula is C17H20N2OS. The van der Waals surface area contributed by atoms with E-state index < -0.39 is 0 Å². The van der Waals surface area contributed by atoms with E-state index in [0.29, 0.717) is 12.5 Å². The molecule has 2 aromatic rings. The molecule has 0 bridgehead atoms. The molecule has 1 aliphatic rings. The van der Waals surface area contributed by atoms with Crippen molar-refractivity contribution in [3.63, 3.8) is 0 Å². The molecule has 1 aromatic heterocycles. The maximum atomic E-state index is 12.1. The quantitative estimate of drug-likeness (QED) is 0.933. The van der Waals surface area contributed by atoms with Crippen molar-refractivity contribution in [1.29, 1.82) is 0 Å². The first kappa shape index (κ1) is 14.3. The molecule has 0 radical (unpaired) electrons. The van der Waals surface area contributed by atoms with E-state index in [1.54, 1.807) is 11.3 Å². The fraction of sp³-hybridized carbons (Fsp3) is 0.412. The van der Waals surface area contributed by atoms with Gasteiger partial charge in [-0.15, -0.1) is 11.3 Å². The lowest BCUT2D eigenvalue weighted by Gasteiger charge is -2.22. The zero-order valence-corrected chi connectivity index (χ0v) is 12.9. The Morgan fingerprint density at radius 3 is 2.71 bits per heavy atom. The van der Waals surface area contributed by atoms with E-state index in [1.807, 2.05) is 35.7 Å². The highest BCUT2D eigenvalue weighted by atomic mass is 32.1. The van der Waals surface area contributed by atoms with Crippen molar-refractivity contribution in [3.05, 3.63) is 41.4 Å². The summed E-state index contributed by atoms with van der Waals surface area (Å²) in [7, 11) is 0. The first-order chi connectivity index (χ1) is 10.3. The van der Waals surface area contributed by atoms with Crippen molar-refractivity contribution in [2.45, 2.75) is 44.6 Å². The van der Waals surface area contributed by atoms with Crippen LogP contribution in [0.25, 0.3) is 10.6 Å². The number of nitrogens with zero attached hydrogens (tertiary/aromatic N) is 1. The van der Waals surface area contributed by atoms with Crippen LogP contribution in [0.4, 0.5) is 0 Å². The highest BCUT2D eigenvalue weighted by molar-refractivity contribution is 7.13. The summed E-state index contributed by atoms with van der Waals surface area (Å²) in [5.74, 6) is 0.104. The summed E-state index contributed by atoms with van der Waals surface area (Å²) in [6.45, 7) is 0. The number of rotatable bonds is 4. The van der Waals surface area contributed by atoms with E-state index in [-0.39, 0.29) is 5.91 Å². The van der Waals surface area contributed by atoms with Gasteiger partial charge in [0.15, 0.2) is 0 Å². The van der Waals surface area contributed by atoms with Crippen LogP contribution in [0.5, 0.6) is 0 Å². The van der Waals surface area contributed by atoms with Crippen LogP contribution < -0.4 is 5.32 Å². The summed E-state index contributed by atoms with van der Waals surface area (Å²) >= 11 is 1.60. The Hall–Kier alpha value is -1.68. The van der Waals surface area contributed by atoms with Crippen LogP contribution in [-0.4, -0.2) is 16.9 Å². The van der Waals surface area contributed by atoms with Crippen molar-refractivity contribution in [1.82, 2.24) is 10.3 Å². The Morgan fingerprint density at radius 1 is 1.19 bits per heavy atom. The zero-order valence-electron chi connectivity index (χ0n) is 12.0. The minimum atomic E-state index is 0.104. The van der Waals surface area contributed by atoms with E-state index in [9.17, 15) is 4.79 Å².